The van der Waals surface area contributed by atoms with Crippen LogP contribution < -0.4 is 14.5 Å². The van der Waals surface area contributed by atoms with Gasteiger partial charge in [0.2, 0.25) is 0 Å². The van der Waals surface area contributed by atoms with Crippen LogP contribution in [0.2, 0.25) is 0 Å². The number of unbranched alkanes of at least 4 members (excludes halogenated alkanes) is 1. The highest BCUT2D eigenvalue weighted by molar-refractivity contribution is 7.87. The Hall–Kier alpha value is -1.79. The molecule has 0 bridgehead atoms. The molecule has 0 unspecified atom stereocenters. The van der Waals surface area contributed by atoms with Gasteiger partial charge >= 0.3 is 10.3 Å². The molecule has 0 aliphatic rings. The summed E-state index contributed by atoms with van der Waals surface area (Å²) in [4.78, 5) is 5.94. The molecule has 0 aliphatic heterocycles. The van der Waals surface area contributed by atoms with E-state index in [2.05, 4.69) is 0 Å². The molecule has 15 heteroatoms. The normalized spacial score (nSPS) is 11.8. The molecule has 1 aromatic rings. The predicted octanol–water partition coefficient (Wildman–Crippen LogP) is 1.27. The number of hydrogen-bond acceptors (Lipinski definition) is 12. The van der Waals surface area contributed by atoms with Crippen LogP contribution in [0.4, 0.5) is 11.4 Å². The largest absolute Gasteiger partial charge is 0.489 e. The summed E-state index contributed by atoms with van der Waals surface area (Å²) in [6.45, 7) is 8.07. The highest BCUT2D eigenvalue weighted by atomic mass is 32.2. The van der Waals surface area contributed by atoms with Crippen LogP contribution in [0.3, 0.4) is 0 Å². The number of rotatable bonds is 27. The summed E-state index contributed by atoms with van der Waals surface area (Å²) in [5.74, 6) is 0.219. The van der Waals surface area contributed by atoms with Gasteiger partial charge in [-0.3, -0.25) is 19.2 Å². The Morgan fingerprint density at radius 1 is 0.775 bits per heavy atom. The number of anilines is 2. The molecule has 14 nitrogen and oxygen atoms in total. The Kier molecular flexibility index (Phi) is 20.7. The molecular weight excluding hydrogens is 552 g/mol. The molecule has 4 N–H and O–H groups in total. The van der Waals surface area contributed by atoms with Crippen LogP contribution >= 0.6 is 0 Å². The summed E-state index contributed by atoms with van der Waals surface area (Å²) in [5.41, 5.74) is 0.668. The van der Waals surface area contributed by atoms with E-state index in [4.69, 9.17) is 43.5 Å². The minimum atomic E-state index is -4.49. The van der Waals surface area contributed by atoms with E-state index in [1.807, 2.05) is 4.72 Å². The van der Waals surface area contributed by atoms with Crippen molar-refractivity contribution in [2.45, 2.75) is 32.8 Å². The van der Waals surface area contributed by atoms with Gasteiger partial charge in [0.25, 0.3) is 0 Å². The molecule has 0 saturated carbocycles. The molecule has 0 aromatic heterocycles. The van der Waals surface area contributed by atoms with Crippen LogP contribution in [0.15, 0.2) is 18.2 Å². The van der Waals surface area contributed by atoms with Crippen molar-refractivity contribution in [3.05, 3.63) is 18.2 Å². The first kappa shape index (κ1) is 36.2. The molecule has 0 radical (unpaired) electrons. The fraction of sp³-hybridized carbons (Fsp3) is 0.760. The van der Waals surface area contributed by atoms with Crippen molar-refractivity contribution in [1.29, 1.82) is 0 Å². The van der Waals surface area contributed by atoms with Crippen molar-refractivity contribution in [3.63, 3.8) is 0 Å². The maximum atomic E-state index is 11.4. The average molecular weight is 599 g/mol. The minimum absolute atomic E-state index is 0.00950. The van der Waals surface area contributed by atoms with E-state index >= 15 is 0 Å². The third kappa shape index (κ3) is 19.3. The Balaban J connectivity index is 2.65. The van der Waals surface area contributed by atoms with Crippen molar-refractivity contribution >= 4 is 21.7 Å². The zero-order valence-corrected chi connectivity index (χ0v) is 24.3. The number of benzene rings is 1. The zero-order chi connectivity index (χ0) is 29.5. The monoisotopic (exact) mass is 598 g/mol. The van der Waals surface area contributed by atoms with E-state index in [9.17, 15) is 13.0 Å². The van der Waals surface area contributed by atoms with Crippen LogP contribution in [0, 0.1) is 0 Å². The summed E-state index contributed by atoms with van der Waals surface area (Å²) in [6.07, 6.45) is 1.38. The molecule has 0 aliphatic carbocycles. The van der Waals surface area contributed by atoms with Crippen molar-refractivity contribution in [1.82, 2.24) is 0 Å². The second-order valence-electron chi connectivity index (χ2n) is 8.58. The molecule has 234 valence electrons. The predicted molar refractivity (Wildman–Crippen MR) is 148 cm³/mol. The summed E-state index contributed by atoms with van der Waals surface area (Å²) < 4.78 is 66.8. The summed E-state index contributed by atoms with van der Waals surface area (Å²) in [6, 6.07) is 4.71. The third-order valence-corrected chi connectivity index (χ3v) is 5.29. The van der Waals surface area contributed by atoms with Crippen LogP contribution in [0.25, 0.3) is 0 Å². The van der Waals surface area contributed by atoms with E-state index in [1.54, 1.807) is 31.0 Å². The summed E-state index contributed by atoms with van der Waals surface area (Å²) in [7, 11) is -4.49. The van der Waals surface area contributed by atoms with E-state index < -0.39 is 10.3 Å². The first-order chi connectivity index (χ1) is 19.3. The molecular formula is C25H46N2O12S. The molecule has 0 fully saturated rings. The number of hydrogen-bond donors (Lipinski definition) is 4. The maximum absolute atomic E-state index is 11.4. The second kappa shape index (κ2) is 22.8. The lowest BCUT2D eigenvalue weighted by Gasteiger charge is -2.25. The van der Waals surface area contributed by atoms with Gasteiger partial charge in [-0.15, -0.1) is 0 Å². The van der Waals surface area contributed by atoms with E-state index in [0.29, 0.717) is 71.7 Å². The van der Waals surface area contributed by atoms with E-state index in [0.717, 1.165) is 12.8 Å². The van der Waals surface area contributed by atoms with Gasteiger partial charge in [0.1, 0.15) is 5.75 Å². The average Bonchev–Trinajstić information content (AvgIpc) is 2.89. The van der Waals surface area contributed by atoms with E-state index in [1.165, 1.54) is 6.07 Å². The Morgan fingerprint density at radius 3 is 1.88 bits per heavy atom. The molecule has 0 saturated heterocycles. The Morgan fingerprint density at radius 2 is 1.30 bits per heavy atom. The summed E-state index contributed by atoms with van der Waals surface area (Å²) >= 11 is 0. The smallest absolute Gasteiger partial charge is 0.357 e. The van der Waals surface area contributed by atoms with Gasteiger partial charge < -0.3 is 38.6 Å². The van der Waals surface area contributed by atoms with Crippen LogP contribution in [-0.4, -0.2) is 122 Å². The molecule has 0 heterocycles. The van der Waals surface area contributed by atoms with Gasteiger partial charge in [0, 0.05) is 19.3 Å². The minimum Gasteiger partial charge on any atom is -0.489 e. The quantitative estimate of drug-likeness (QED) is 0.0648. The lowest BCUT2D eigenvalue weighted by molar-refractivity contribution is 0.000492. The van der Waals surface area contributed by atoms with Gasteiger partial charge in [0.15, 0.2) is 0 Å². The lowest BCUT2D eigenvalue weighted by Crippen LogP contribution is -2.30. The number of aliphatic hydroxyl groups excluding tert-OH is 2. The maximum Gasteiger partial charge on any atom is 0.357 e. The van der Waals surface area contributed by atoms with Crippen LogP contribution in [0.5, 0.6) is 5.75 Å². The number of aliphatic hydroxyl groups is 2. The van der Waals surface area contributed by atoms with Gasteiger partial charge in [-0.25, -0.2) is 0 Å². The van der Waals surface area contributed by atoms with Gasteiger partial charge in [-0.2, -0.15) is 8.42 Å². The van der Waals surface area contributed by atoms with Crippen molar-refractivity contribution in [2.24, 2.45) is 0 Å². The van der Waals surface area contributed by atoms with Gasteiger partial charge in [-0.05, 0) is 38.8 Å². The number of nitrogens with zero attached hydrogens (tertiary/aromatic N) is 1. The Labute approximate surface area is 237 Å². The van der Waals surface area contributed by atoms with Crippen molar-refractivity contribution in [2.75, 3.05) is 102 Å². The van der Waals surface area contributed by atoms with Gasteiger partial charge in [0.05, 0.1) is 96.7 Å². The topological polar surface area (TPSA) is 175 Å². The number of hydroxylamine groups is 1. The highest BCUT2D eigenvalue weighted by Crippen LogP contribution is 2.31. The molecule has 0 atom stereocenters. The third-order valence-electron chi connectivity index (χ3n) is 4.81. The molecule has 1 aromatic carbocycles. The zero-order valence-electron chi connectivity index (χ0n) is 23.5. The Bertz CT molecular complexity index is 836. The highest BCUT2D eigenvalue weighted by Gasteiger charge is 2.16. The fourth-order valence-corrected chi connectivity index (χ4v) is 3.59. The molecule has 0 spiro atoms. The van der Waals surface area contributed by atoms with E-state index in [-0.39, 0.29) is 44.0 Å². The standard InChI is InChI=1S/C25H46N2O12S/c1-22(2)39-25-21-23(5-6-24(25)26-40(30,31)32)27(7-12-35-15-17-37-18-16-36-14-9-29)38-20-19-34-11-4-3-10-33-13-8-28/h5-6,21-22,26,28-29H,3-4,7-20H2,1-2H3,(H,30,31,32). The number of nitrogens with one attached hydrogen (secondary N) is 1. The lowest BCUT2D eigenvalue weighted by atomic mass is 10.2. The van der Waals surface area contributed by atoms with Crippen LogP contribution in [0.1, 0.15) is 26.7 Å². The first-order valence-corrected chi connectivity index (χ1v) is 14.8. The molecule has 40 heavy (non-hydrogen) atoms. The number of ether oxygens (including phenoxy) is 6. The SMILES string of the molecule is CC(C)Oc1cc(N(CCOCCOCCOCCO)OCCOCCCCOCCO)ccc1NS(=O)(=O)O. The van der Waals surface area contributed by atoms with Crippen LogP contribution in [-0.2, 0) is 38.8 Å². The fourth-order valence-electron chi connectivity index (χ4n) is 3.15. The molecule has 0 amide bonds. The van der Waals surface area contributed by atoms with Crippen molar-refractivity contribution < 1.29 is 56.4 Å². The first-order valence-electron chi connectivity index (χ1n) is 13.3. The summed E-state index contributed by atoms with van der Waals surface area (Å²) in [5, 5.41) is 19.0. The van der Waals surface area contributed by atoms with Crippen molar-refractivity contribution in [3.8, 4) is 5.75 Å². The van der Waals surface area contributed by atoms with Gasteiger partial charge in [-0.1, -0.05) is 0 Å². The molecule has 1 rings (SSSR count). The second-order valence-corrected chi connectivity index (χ2v) is 9.73.